The van der Waals surface area contributed by atoms with Gasteiger partial charge in [0.15, 0.2) is 11.5 Å². The normalized spacial score (nSPS) is 40.3. The lowest BCUT2D eigenvalue weighted by Gasteiger charge is -2.77. The summed E-state index contributed by atoms with van der Waals surface area (Å²) in [6, 6.07) is 15.4. The molecule has 4 bridgehead atoms. The number of rotatable bonds is 6. The van der Waals surface area contributed by atoms with Crippen LogP contribution in [0, 0.1) is 11.3 Å². The number of likely N-dealkylation sites (tertiary alicyclic amines) is 1. The molecule has 2 unspecified atom stereocenters. The number of benzene rings is 2. The molecule has 6 atom stereocenters. The molecule has 4 fully saturated rings. The Hall–Kier alpha value is -2.08. The zero-order valence-corrected chi connectivity index (χ0v) is 21.4. The highest BCUT2D eigenvalue weighted by molar-refractivity contribution is 5.65. The van der Waals surface area contributed by atoms with E-state index < -0.39 is 11.2 Å². The summed E-state index contributed by atoms with van der Waals surface area (Å²) in [5.74, 6) is 2.12. The van der Waals surface area contributed by atoms with Crippen molar-refractivity contribution in [2.75, 3.05) is 34.4 Å². The molecule has 2 heterocycles. The van der Waals surface area contributed by atoms with Crippen molar-refractivity contribution in [3.05, 3.63) is 59.2 Å². The molecule has 5 nitrogen and oxygen atoms in total. The molecule has 4 aliphatic carbocycles. The lowest BCUT2D eigenvalue weighted by molar-refractivity contribution is -0.320. The molecule has 3 saturated carbocycles. The van der Waals surface area contributed by atoms with Gasteiger partial charge in [-0.3, -0.25) is 0 Å². The molecular weight excluding hydrogens is 438 g/mol. The molecule has 0 N–H and O–H groups in total. The minimum Gasteiger partial charge on any atom is -0.493 e. The second kappa shape index (κ2) is 7.24. The minimum atomic E-state index is -0.461. The van der Waals surface area contributed by atoms with Gasteiger partial charge in [0.05, 0.1) is 25.7 Å². The molecule has 186 valence electrons. The van der Waals surface area contributed by atoms with Crippen LogP contribution in [-0.2, 0) is 27.9 Å². The van der Waals surface area contributed by atoms with Gasteiger partial charge in [-0.05, 0) is 69.8 Å². The van der Waals surface area contributed by atoms with E-state index >= 15 is 0 Å². The quantitative estimate of drug-likeness (QED) is 0.603. The number of hydrogen-bond donors (Lipinski definition) is 0. The maximum absolute atomic E-state index is 7.22. The van der Waals surface area contributed by atoms with E-state index in [4.69, 9.17) is 18.9 Å². The monoisotopic (exact) mass is 475 g/mol. The first-order chi connectivity index (χ1) is 17.0. The molecule has 2 aliphatic heterocycles. The third kappa shape index (κ3) is 2.37. The molecule has 8 rings (SSSR count). The van der Waals surface area contributed by atoms with Crippen LogP contribution in [0.5, 0.6) is 11.5 Å². The number of fused-ring (bicyclic) bond motifs is 2. The average molecular weight is 476 g/mol. The summed E-state index contributed by atoms with van der Waals surface area (Å²) in [6.45, 7) is 4.78. The van der Waals surface area contributed by atoms with E-state index in [-0.39, 0.29) is 16.7 Å². The van der Waals surface area contributed by atoms with Crippen molar-refractivity contribution in [1.29, 1.82) is 0 Å². The number of ether oxygens (including phenoxy) is 4. The highest BCUT2D eigenvalue weighted by atomic mass is 16.6. The molecular formula is C30H37NO4. The molecule has 2 spiro atoms. The Balaban J connectivity index is 1.37. The lowest BCUT2D eigenvalue weighted by atomic mass is 9.31. The number of likely N-dealkylation sites (N-methyl/N-ethyl adjacent to an activating group) is 1. The van der Waals surface area contributed by atoms with Gasteiger partial charge in [0, 0.05) is 30.0 Å². The van der Waals surface area contributed by atoms with Crippen molar-refractivity contribution >= 4 is 0 Å². The Morgan fingerprint density at radius 1 is 1.06 bits per heavy atom. The van der Waals surface area contributed by atoms with Gasteiger partial charge in [0.2, 0.25) is 0 Å². The second-order valence-electron chi connectivity index (χ2n) is 11.8. The Morgan fingerprint density at radius 3 is 2.66 bits per heavy atom. The van der Waals surface area contributed by atoms with E-state index in [0.29, 0.717) is 19.3 Å². The summed E-state index contributed by atoms with van der Waals surface area (Å²) >= 11 is 0. The summed E-state index contributed by atoms with van der Waals surface area (Å²) in [5, 5.41) is 0. The zero-order valence-electron chi connectivity index (χ0n) is 21.4. The van der Waals surface area contributed by atoms with Gasteiger partial charge >= 0.3 is 0 Å². The molecule has 2 aromatic rings. The average Bonchev–Trinajstić information content (AvgIpc) is 3.17. The summed E-state index contributed by atoms with van der Waals surface area (Å²) in [6.07, 6.45) is 5.50. The number of piperidine rings is 1. The van der Waals surface area contributed by atoms with E-state index in [2.05, 4.69) is 61.3 Å². The lowest BCUT2D eigenvalue weighted by Crippen LogP contribution is -2.85. The standard InChI is InChI=1S/C30H37NO4/c1-27-29-14-15-31(2)24(16-21-10-11-23(32-3)26(35-27)25(21)29)28(29)12-13-30(27,33-4)22(17-28)19-34-18-20-8-6-5-7-9-20/h5-11,22,24H,12-19H2,1-4H3/t22-,24?,27-,28?,29+,30-/m1/s1. The predicted molar refractivity (Wildman–Crippen MR) is 134 cm³/mol. The fourth-order valence-electron chi connectivity index (χ4n) is 9.77. The van der Waals surface area contributed by atoms with Gasteiger partial charge in [-0.2, -0.15) is 0 Å². The Kier molecular flexibility index (Phi) is 4.58. The number of nitrogens with zero attached hydrogens (tertiary/aromatic N) is 1. The molecule has 6 aliphatic rings. The third-order valence-electron chi connectivity index (χ3n) is 11.1. The Morgan fingerprint density at radius 2 is 1.89 bits per heavy atom. The van der Waals surface area contributed by atoms with Crippen molar-refractivity contribution in [2.45, 2.75) is 68.3 Å². The first-order valence-corrected chi connectivity index (χ1v) is 13.2. The smallest absolute Gasteiger partial charge is 0.166 e. The van der Waals surface area contributed by atoms with Crippen LogP contribution in [0.4, 0.5) is 0 Å². The van der Waals surface area contributed by atoms with Crippen LogP contribution < -0.4 is 9.47 Å². The van der Waals surface area contributed by atoms with E-state index in [1.807, 2.05) is 7.11 Å². The maximum atomic E-state index is 7.22. The van der Waals surface area contributed by atoms with Crippen LogP contribution in [0.3, 0.4) is 0 Å². The van der Waals surface area contributed by atoms with Crippen molar-refractivity contribution in [3.8, 4) is 11.5 Å². The Labute approximate surface area is 208 Å². The molecule has 35 heavy (non-hydrogen) atoms. The summed E-state index contributed by atoms with van der Waals surface area (Å²) in [4.78, 5) is 2.64. The van der Waals surface area contributed by atoms with E-state index in [0.717, 1.165) is 43.7 Å². The van der Waals surface area contributed by atoms with Crippen LogP contribution in [0.1, 0.15) is 49.3 Å². The van der Waals surface area contributed by atoms with Gasteiger partial charge in [-0.25, -0.2) is 0 Å². The van der Waals surface area contributed by atoms with Crippen LogP contribution in [0.2, 0.25) is 0 Å². The first-order valence-electron chi connectivity index (χ1n) is 13.2. The van der Waals surface area contributed by atoms with Gasteiger partial charge in [-0.1, -0.05) is 36.4 Å². The first kappa shape index (κ1) is 22.1. The number of hydrogen-bond acceptors (Lipinski definition) is 5. The molecule has 1 saturated heterocycles. The van der Waals surface area contributed by atoms with Gasteiger partial charge in [-0.15, -0.1) is 0 Å². The largest absolute Gasteiger partial charge is 0.493 e. The third-order valence-corrected chi connectivity index (χ3v) is 11.1. The van der Waals surface area contributed by atoms with E-state index in [1.165, 1.54) is 23.1 Å². The zero-order chi connectivity index (χ0) is 24.1. The highest BCUT2D eigenvalue weighted by Crippen LogP contribution is 2.80. The van der Waals surface area contributed by atoms with E-state index in [9.17, 15) is 0 Å². The highest BCUT2D eigenvalue weighted by Gasteiger charge is 2.85. The van der Waals surface area contributed by atoms with Gasteiger partial charge in [0.1, 0.15) is 11.2 Å². The predicted octanol–water partition coefficient (Wildman–Crippen LogP) is 4.75. The fraction of sp³-hybridized carbons (Fsp3) is 0.600. The topological polar surface area (TPSA) is 40.2 Å². The molecule has 0 amide bonds. The minimum absolute atomic E-state index is 0.0567. The van der Waals surface area contributed by atoms with E-state index in [1.54, 1.807) is 7.11 Å². The van der Waals surface area contributed by atoms with Gasteiger partial charge in [0.25, 0.3) is 0 Å². The van der Waals surface area contributed by atoms with Crippen LogP contribution in [-0.4, -0.2) is 56.6 Å². The fourth-order valence-corrected chi connectivity index (χ4v) is 9.77. The van der Waals surface area contributed by atoms with Crippen molar-refractivity contribution in [2.24, 2.45) is 11.3 Å². The summed E-state index contributed by atoms with van der Waals surface area (Å²) in [7, 11) is 6.01. The van der Waals surface area contributed by atoms with Crippen LogP contribution in [0.25, 0.3) is 0 Å². The van der Waals surface area contributed by atoms with Crippen molar-refractivity contribution in [3.63, 3.8) is 0 Å². The SMILES string of the molecule is COc1ccc2c3c1O[C@@]1(C)[C@@]4(OC)CCC5(C[C@@H]4COCc4ccccc4)C(C2)N(C)CC[C@@]351. The summed E-state index contributed by atoms with van der Waals surface area (Å²) < 4.78 is 26.2. The van der Waals surface area contributed by atoms with Crippen molar-refractivity contribution < 1.29 is 18.9 Å². The number of methoxy groups -OCH3 is 2. The molecule has 0 radical (unpaired) electrons. The maximum Gasteiger partial charge on any atom is 0.166 e. The van der Waals surface area contributed by atoms with Crippen LogP contribution >= 0.6 is 0 Å². The van der Waals surface area contributed by atoms with Gasteiger partial charge < -0.3 is 23.8 Å². The van der Waals surface area contributed by atoms with Crippen molar-refractivity contribution in [1.82, 2.24) is 4.90 Å². The molecule has 2 aromatic carbocycles. The summed E-state index contributed by atoms with van der Waals surface area (Å²) in [5.41, 5.74) is 3.34. The molecule has 5 heteroatoms. The second-order valence-corrected chi connectivity index (χ2v) is 11.8. The Bertz CT molecular complexity index is 1170. The molecule has 0 aromatic heterocycles. The van der Waals surface area contributed by atoms with Crippen LogP contribution in [0.15, 0.2) is 42.5 Å².